The van der Waals surface area contributed by atoms with Gasteiger partial charge in [-0.1, -0.05) is 0 Å². The van der Waals surface area contributed by atoms with Gasteiger partial charge in [0.05, 0.1) is 24.2 Å². The minimum atomic E-state index is -3.56. The molecule has 2 saturated heterocycles. The highest BCUT2D eigenvalue weighted by atomic mass is 32.2. The maximum atomic E-state index is 12.8. The summed E-state index contributed by atoms with van der Waals surface area (Å²) in [6.07, 6.45) is 3.66. The molecule has 3 rings (SSSR count). The molecule has 0 unspecified atom stereocenters. The summed E-state index contributed by atoms with van der Waals surface area (Å²) >= 11 is 0. The van der Waals surface area contributed by atoms with Gasteiger partial charge in [0.1, 0.15) is 0 Å². The molecule has 2 aliphatic heterocycles. The number of rotatable bonds is 5. The van der Waals surface area contributed by atoms with Gasteiger partial charge in [-0.25, -0.2) is 13.2 Å². The van der Waals surface area contributed by atoms with Crippen molar-refractivity contribution in [3.05, 3.63) is 29.8 Å². The number of aliphatic hydroxyl groups is 1. The van der Waals surface area contributed by atoms with Crippen molar-refractivity contribution in [2.24, 2.45) is 0 Å². The standard InChI is InChI=1S/C18H26N2O5S/c1-25-18(22)14-4-6-17(7-5-14)26(23,24)19-11-8-15(9-12-19)20-10-2-3-16(20)13-21/h4-7,15-16,21H,2-3,8-13H2,1H3/t16-/m0/s1. The van der Waals surface area contributed by atoms with Crippen molar-refractivity contribution < 1.29 is 23.1 Å². The Hall–Kier alpha value is -1.48. The Morgan fingerprint density at radius 1 is 1.15 bits per heavy atom. The quantitative estimate of drug-likeness (QED) is 0.767. The maximum absolute atomic E-state index is 12.8. The third-order valence-corrected chi connectivity index (χ3v) is 7.35. The number of piperidine rings is 1. The van der Waals surface area contributed by atoms with Crippen LogP contribution in [0.15, 0.2) is 29.2 Å². The van der Waals surface area contributed by atoms with Gasteiger partial charge in [0, 0.05) is 25.2 Å². The van der Waals surface area contributed by atoms with E-state index in [1.165, 1.54) is 35.7 Å². The number of carbonyl (C=O) groups is 1. The Bertz CT molecular complexity index is 726. The largest absolute Gasteiger partial charge is 0.465 e. The summed E-state index contributed by atoms with van der Waals surface area (Å²) in [5.74, 6) is -0.487. The van der Waals surface area contributed by atoms with Crippen LogP contribution < -0.4 is 0 Å². The second-order valence-corrected chi connectivity index (χ2v) is 8.81. The zero-order chi connectivity index (χ0) is 18.7. The van der Waals surface area contributed by atoms with E-state index in [2.05, 4.69) is 9.64 Å². The summed E-state index contributed by atoms with van der Waals surface area (Å²) in [5, 5.41) is 9.50. The second-order valence-electron chi connectivity index (χ2n) is 6.87. The van der Waals surface area contributed by atoms with Crippen LogP contribution in [0.4, 0.5) is 0 Å². The molecule has 0 saturated carbocycles. The molecule has 0 bridgehead atoms. The lowest BCUT2D eigenvalue weighted by Crippen LogP contribution is -2.48. The van der Waals surface area contributed by atoms with Crippen molar-refractivity contribution in [2.45, 2.75) is 42.7 Å². The molecule has 1 atom stereocenters. The average Bonchev–Trinajstić information content (AvgIpc) is 3.16. The molecule has 2 aliphatic rings. The molecule has 0 spiro atoms. The van der Waals surface area contributed by atoms with Crippen LogP contribution in [0.25, 0.3) is 0 Å². The number of methoxy groups -OCH3 is 1. The van der Waals surface area contributed by atoms with Crippen molar-refractivity contribution in [3.63, 3.8) is 0 Å². The summed E-state index contributed by atoms with van der Waals surface area (Å²) in [5.41, 5.74) is 0.328. The number of ether oxygens (including phenoxy) is 1. The molecule has 0 radical (unpaired) electrons. The monoisotopic (exact) mass is 382 g/mol. The van der Waals surface area contributed by atoms with E-state index in [4.69, 9.17) is 0 Å². The molecular formula is C18H26N2O5S. The van der Waals surface area contributed by atoms with Crippen LogP contribution in [0.5, 0.6) is 0 Å². The average molecular weight is 382 g/mol. The number of likely N-dealkylation sites (tertiary alicyclic amines) is 1. The van der Waals surface area contributed by atoms with Crippen LogP contribution in [0.1, 0.15) is 36.0 Å². The molecule has 26 heavy (non-hydrogen) atoms. The molecule has 1 N–H and O–H groups in total. The third-order valence-electron chi connectivity index (χ3n) is 5.44. The molecule has 0 aromatic heterocycles. The molecule has 2 fully saturated rings. The normalized spacial score (nSPS) is 23.2. The lowest BCUT2D eigenvalue weighted by atomic mass is 10.0. The predicted octanol–water partition coefficient (Wildman–Crippen LogP) is 1.08. The summed E-state index contributed by atoms with van der Waals surface area (Å²) in [6.45, 7) is 2.10. The third kappa shape index (κ3) is 3.78. The molecule has 1 aromatic rings. The zero-order valence-corrected chi connectivity index (χ0v) is 15.8. The molecule has 2 heterocycles. The Labute approximate surface area is 154 Å². The number of esters is 1. The highest BCUT2D eigenvalue weighted by Crippen LogP contribution is 2.28. The molecule has 0 amide bonds. The van der Waals surface area contributed by atoms with E-state index in [0.29, 0.717) is 24.7 Å². The first-order valence-electron chi connectivity index (χ1n) is 9.02. The molecule has 7 nitrogen and oxygen atoms in total. The van der Waals surface area contributed by atoms with Crippen LogP contribution in [0, 0.1) is 0 Å². The van der Waals surface area contributed by atoms with E-state index < -0.39 is 16.0 Å². The fourth-order valence-corrected chi connectivity index (χ4v) is 5.45. The lowest BCUT2D eigenvalue weighted by Gasteiger charge is -2.38. The van der Waals surface area contributed by atoms with Gasteiger partial charge >= 0.3 is 5.97 Å². The van der Waals surface area contributed by atoms with E-state index in [1.54, 1.807) is 0 Å². The van der Waals surface area contributed by atoms with E-state index >= 15 is 0 Å². The van der Waals surface area contributed by atoms with E-state index in [0.717, 1.165) is 32.2 Å². The predicted molar refractivity (Wildman–Crippen MR) is 96.4 cm³/mol. The van der Waals surface area contributed by atoms with E-state index in [-0.39, 0.29) is 17.5 Å². The minimum Gasteiger partial charge on any atom is -0.465 e. The highest BCUT2D eigenvalue weighted by molar-refractivity contribution is 7.89. The molecule has 1 aromatic carbocycles. The first-order valence-corrected chi connectivity index (χ1v) is 10.5. The fraction of sp³-hybridized carbons (Fsp3) is 0.611. The highest BCUT2D eigenvalue weighted by Gasteiger charge is 2.35. The van der Waals surface area contributed by atoms with E-state index in [9.17, 15) is 18.3 Å². The van der Waals surface area contributed by atoms with Gasteiger partial charge in [0.25, 0.3) is 0 Å². The lowest BCUT2D eigenvalue weighted by molar-refractivity contribution is 0.0600. The van der Waals surface area contributed by atoms with Crippen molar-refractivity contribution in [1.29, 1.82) is 0 Å². The molecule has 0 aliphatic carbocycles. The van der Waals surface area contributed by atoms with Gasteiger partial charge in [0.2, 0.25) is 10.0 Å². The number of benzene rings is 1. The molecule has 144 valence electrons. The number of sulfonamides is 1. The van der Waals surface area contributed by atoms with Crippen molar-refractivity contribution in [2.75, 3.05) is 33.4 Å². The smallest absolute Gasteiger partial charge is 0.337 e. The topological polar surface area (TPSA) is 87.2 Å². The Morgan fingerprint density at radius 2 is 1.81 bits per heavy atom. The first kappa shape index (κ1) is 19.3. The van der Waals surface area contributed by atoms with Crippen LogP contribution in [0.3, 0.4) is 0 Å². The SMILES string of the molecule is COC(=O)c1ccc(S(=O)(=O)N2CCC(N3CCC[C@H]3CO)CC2)cc1. The van der Waals surface area contributed by atoms with Gasteiger partial charge in [-0.15, -0.1) is 0 Å². The minimum absolute atomic E-state index is 0.172. The van der Waals surface area contributed by atoms with Gasteiger partial charge in [0.15, 0.2) is 0 Å². The summed E-state index contributed by atoms with van der Waals surface area (Å²) < 4.78 is 31.8. The number of aliphatic hydroxyl groups excluding tert-OH is 1. The number of hydrogen-bond acceptors (Lipinski definition) is 6. The summed E-state index contributed by atoms with van der Waals surface area (Å²) in [7, 11) is -2.27. The first-order chi connectivity index (χ1) is 12.5. The van der Waals surface area contributed by atoms with Gasteiger partial charge in [-0.2, -0.15) is 4.31 Å². The number of carbonyl (C=O) groups excluding carboxylic acids is 1. The molecular weight excluding hydrogens is 356 g/mol. The fourth-order valence-electron chi connectivity index (χ4n) is 3.98. The number of nitrogens with zero attached hydrogens (tertiary/aromatic N) is 2. The molecule has 8 heteroatoms. The zero-order valence-electron chi connectivity index (χ0n) is 15.0. The van der Waals surface area contributed by atoms with Crippen molar-refractivity contribution in [3.8, 4) is 0 Å². The summed E-state index contributed by atoms with van der Waals surface area (Å²) in [4.78, 5) is 14.0. The van der Waals surface area contributed by atoms with Crippen LogP contribution >= 0.6 is 0 Å². The Balaban J connectivity index is 1.65. The van der Waals surface area contributed by atoms with Crippen LogP contribution in [0.2, 0.25) is 0 Å². The van der Waals surface area contributed by atoms with Crippen molar-refractivity contribution >= 4 is 16.0 Å². The Morgan fingerprint density at radius 3 is 2.38 bits per heavy atom. The Kier molecular flexibility index (Phi) is 5.96. The van der Waals surface area contributed by atoms with Gasteiger partial charge in [-0.05, 0) is 56.5 Å². The van der Waals surface area contributed by atoms with Gasteiger partial charge < -0.3 is 9.84 Å². The van der Waals surface area contributed by atoms with E-state index in [1.807, 2.05) is 0 Å². The van der Waals surface area contributed by atoms with Gasteiger partial charge in [-0.3, -0.25) is 4.90 Å². The van der Waals surface area contributed by atoms with Crippen LogP contribution in [-0.2, 0) is 14.8 Å². The number of hydrogen-bond donors (Lipinski definition) is 1. The second kappa shape index (κ2) is 8.04. The van der Waals surface area contributed by atoms with Crippen molar-refractivity contribution in [1.82, 2.24) is 9.21 Å². The van der Waals surface area contributed by atoms with Crippen LogP contribution in [-0.4, -0.2) is 74.1 Å². The summed E-state index contributed by atoms with van der Waals surface area (Å²) in [6, 6.07) is 6.41. The maximum Gasteiger partial charge on any atom is 0.337 e.